The monoisotopic (exact) mass is 354 g/mol. The second kappa shape index (κ2) is 6.81. The summed E-state index contributed by atoms with van der Waals surface area (Å²) in [6.45, 7) is 2.44. The maximum Gasteiger partial charge on any atom is 0.230 e. The van der Waals surface area contributed by atoms with Crippen molar-refractivity contribution in [2.45, 2.75) is 50.7 Å². The van der Waals surface area contributed by atoms with Crippen LogP contribution in [0, 0.1) is 0 Å². The predicted molar refractivity (Wildman–Crippen MR) is 100 cm³/mol. The van der Waals surface area contributed by atoms with Crippen LogP contribution in [-0.4, -0.2) is 5.91 Å². The molecule has 1 heterocycles. The van der Waals surface area contributed by atoms with E-state index in [1.165, 1.54) is 11.1 Å². The van der Waals surface area contributed by atoms with Crippen LogP contribution in [0.3, 0.4) is 0 Å². The minimum absolute atomic E-state index is 0.130. The van der Waals surface area contributed by atoms with Gasteiger partial charge >= 0.3 is 0 Å². The average Bonchev–Trinajstić information content (AvgIpc) is 3.29. The molecule has 4 rings (SSSR count). The number of carbonyl (C=O) groups is 1. The first-order chi connectivity index (χ1) is 12.2. The molecule has 2 N–H and O–H groups in total. The molecule has 2 aromatic rings. The van der Waals surface area contributed by atoms with Gasteiger partial charge in [0.15, 0.2) is 0 Å². The molecule has 1 amide bonds. The van der Waals surface area contributed by atoms with Crippen LogP contribution in [0.15, 0.2) is 42.5 Å². The largest absolute Gasteiger partial charge is 0.351 e. The zero-order valence-corrected chi connectivity index (χ0v) is 15.0. The number of benzene rings is 2. The lowest BCUT2D eigenvalue weighted by Crippen LogP contribution is -2.42. The molecule has 4 heteroatoms. The number of amides is 1. The van der Waals surface area contributed by atoms with Crippen LogP contribution in [0.1, 0.15) is 47.9 Å². The lowest BCUT2D eigenvalue weighted by atomic mass is 9.78. The third kappa shape index (κ3) is 3.19. The van der Waals surface area contributed by atoms with Crippen molar-refractivity contribution < 1.29 is 4.79 Å². The van der Waals surface area contributed by atoms with Crippen LogP contribution in [0.25, 0.3) is 0 Å². The van der Waals surface area contributed by atoms with E-state index in [0.717, 1.165) is 49.9 Å². The van der Waals surface area contributed by atoms with Gasteiger partial charge in [0.2, 0.25) is 5.91 Å². The molecule has 25 heavy (non-hydrogen) atoms. The van der Waals surface area contributed by atoms with Gasteiger partial charge in [-0.1, -0.05) is 54.8 Å². The molecule has 2 aliphatic rings. The SMILES string of the molecule is O=C(NCc1ccc2c(c1)CNC2)C1(c2cccc(Cl)c2)CCCC1. The highest BCUT2D eigenvalue weighted by Crippen LogP contribution is 2.42. The van der Waals surface area contributed by atoms with Crippen molar-refractivity contribution in [3.05, 3.63) is 69.7 Å². The van der Waals surface area contributed by atoms with E-state index in [1.807, 2.05) is 24.3 Å². The van der Waals surface area contributed by atoms with E-state index in [-0.39, 0.29) is 5.91 Å². The van der Waals surface area contributed by atoms with E-state index < -0.39 is 5.41 Å². The Kier molecular flexibility index (Phi) is 4.53. The second-order valence-electron chi connectivity index (χ2n) is 7.19. The Bertz CT molecular complexity index is 796. The van der Waals surface area contributed by atoms with Gasteiger partial charge in [0.25, 0.3) is 0 Å². The number of hydrogen-bond acceptors (Lipinski definition) is 2. The van der Waals surface area contributed by atoms with Gasteiger partial charge in [0.1, 0.15) is 0 Å². The Labute approximate surface area is 153 Å². The van der Waals surface area contributed by atoms with E-state index in [9.17, 15) is 4.79 Å². The summed E-state index contributed by atoms with van der Waals surface area (Å²) in [5.74, 6) is 0.130. The number of carbonyl (C=O) groups excluding carboxylic acids is 1. The van der Waals surface area contributed by atoms with Gasteiger partial charge in [0.05, 0.1) is 5.41 Å². The van der Waals surface area contributed by atoms with Gasteiger partial charge < -0.3 is 10.6 Å². The van der Waals surface area contributed by atoms with Crippen molar-refractivity contribution in [1.82, 2.24) is 10.6 Å². The van der Waals surface area contributed by atoms with Crippen molar-refractivity contribution in [1.29, 1.82) is 0 Å². The third-order valence-electron chi connectivity index (χ3n) is 5.62. The summed E-state index contributed by atoms with van der Waals surface area (Å²) in [6.07, 6.45) is 3.97. The maximum absolute atomic E-state index is 13.1. The molecule has 0 unspecified atom stereocenters. The Morgan fingerprint density at radius 2 is 1.88 bits per heavy atom. The molecular formula is C21H23ClN2O. The van der Waals surface area contributed by atoms with E-state index in [2.05, 4.69) is 28.8 Å². The average molecular weight is 355 g/mol. The number of nitrogens with one attached hydrogen (secondary N) is 2. The first-order valence-electron chi connectivity index (χ1n) is 9.03. The quantitative estimate of drug-likeness (QED) is 0.868. The topological polar surface area (TPSA) is 41.1 Å². The molecule has 1 saturated carbocycles. The van der Waals surface area contributed by atoms with Crippen LogP contribution in [0.4, 0.5) is 0 Å². The zero-order chi connectivity index (χ0) is 17.3. The fraction of sp³-hybridized carbons (Fsp3) is 0.381. The number of fused-ring (bicyclic) bond motifs is 1. The predicted octanol–water partition coefficient (Wildman–Crippen LogP) is 4.07. The van der Waals surface area contributed by atoms with E-state index in [4.69, 9.17) is 11.6 Å². The first kappa shape index (κ1) is 16.6. The highest BCUT2D eigenvalue weighted by Gasteiger charge is 2.42. The summed E-state index contributed by atoms with van der Waals surface area (Å²) in [7, 11) is 0. The lowest BCUT2D eigenvalue weighted by Gasteiger charge is -2.28. The maximum atomic E-state index is 13.1. The van der Waals surface area contributed by atoms with Crippen molar-refractivity contribution in [3.8, 4) is 0 Å². The van der Waals surface area contributed by atoms with Gasteiger partial charge in [-0.3, -0.25) is 4.79 Å². The molecule has 3 nitrogen and oxygen atoms in total. The molecule has 0 saturated heterocycles. The molecule has 1 fully saturated rings. The fourth-order valence-corrected chi connectivity index (χ4v) is 4.41. The van der Waals surface area contributed by atoms with Crippen LogP contribution in [0.5, 0.6) is 0 Å². The number of rotatable bonds is 4. The number of hydrogen-bond donors (Lipinski definition) is 2. The van der Waals surface area contributed by atoms with Gasteiger partial charge in [-0.15, -0.1) is 0 Å². The summed E-state index contributed by atoms with van der Waals surface area (Å²) >= 11 is 6.18. The summed E-state index contributed by atoms with van der Waals surface area (Å²) in [6, 6.07) is 14.3. The molecule has 1 aliphatic carbocycles. The highest BCUT2D eigenvalue weighted by atomic mass is 35.5. The lowest BCUT2D eigenvalue weighted by molar-refractivity contribution is -0.126. The fourth-order valence-electron chi connectivity index (χ4n) is 4.22. The summed E-state index contributed by atoms with van der Waals surface area (Å²) in [5.41, 5.74) is 4.49. The molecule has 0 atom stereocenters. The summed E-state index contributed by atoms with van der Waals surface area (Å²) < 4.78 is 0. The van der Waals surface area contributed by atoms with Crippen molar-refractivity contribution in [2.75, 3.05) is 0 Å². The minimum atomic E-state index is -0.427. The third-order valence-corrected chi connectivity index (χ3v) is 5.86. The Balaban J connectivity index is 1.52. The molecular weight excluding hydrogens is 332 g/mol. The molecule has 2 aromatic carbocycles. The van der Waals surface area contributed by atoms with Gasteiger partial charge in [-0.25, -0.2) is 0 Å². The van der Waals surface area contributed by atoms with E-state index in [0.29, 0.717) is 11.6 Å². The normalized spacial score (nSPS) is 18.1. The van der Waals surface area contributed by atoms with E-state index >= 15 is 0 Å². The molecule has 1 aliphatic heterocycles. The molecule has 0 spiro atoms. The first-order valence-corrected chi connectivity index (χ1v) is 9.41. The van der Waals surface area contributed by atoms with Crippen LogP contribution >= 0.6 is 11.6 Å². The molecule has 0 aromatic heterocycles. The Morgan fingerprint density at radius 3 is 2.68 bits per heavy atom. The summed E-state index contributed by atoms with van der Waals surface area (Å²) in [4.78, 5) is 13.1. The standard InChI is InChI=1S/C21H23ClN2O/c22-19-5-3-4-18(11-19)21(8-1-2-9-21)20(25)24-12-15-6-7-16-13-23-14-17(16)10-15/h3-7,10-11,23H,1-2,8-9,12-14H2,(H,24,25). The smallest absolute Gasteiger partial charge is 0.230 e. The van der Waals surface area contributed by atoms with Crippen molar-refractivity contribution in [3.63, 3.8) is 0 Å². The van der Waals surface area contributed by atoms with Crippen molar-refractivity contribution in [2.24, 2.45) is 0 Å². The highest BCUT2D eigenvalue weighted by molar-refractivity contribution is 6.30. The summed E-state index contributed by atoms with van der Waals surface area (Å²) in [5, 5.41) is 7.24. The molecule has 130 valence electrons. The van der Waals surface area contributed by atoms with Gasteiger partial charge in [-0.2, -0.15) is 0 Å². The molecule has 0 bridgehead atoms. The van der Waals surface area contributed by atoms with Crippen LogP contribution in [-0.2, 0) is 29.8 Å². The van der Waals surface area contributed by atoms with Crippen LogP contribution < -0.4 is 10.6 Å². The van der Waals surface area contributed by atoms with Crippen molar-refractivity contribution >= 4 is 17.5 Å². The Hall–Kier alpha value is -1.84. The molecule has 0 radical (unpaired) electrons. The van der Waals surface area contributed by atoms with E-state index in [1.54, 1.807) is 0 Å². The van der Waals surface area contributed by atoms with Gasteiger partial charge in [-0.05, 0) is 47.2 Å². The zero-order valence-electron chi connectivity index (χ0n) is 14.3. The number of halogens is 1. The van der Waals surface area contributed by atoms with Crippen LogP contribution in [0.2, 0.25) is 5.02 Å². The Morgan fingerprint density at radius 1 is 1.08 bits per heavy atom. The van der Waals surface area contributed by atoms with Gasteiger partial charge in [0, 0.05) is 24.7 Å². The minimum Gasteiger partial charge on any atom is -0.351 e. The second-order valence-corrected chi connectivity index (χ2v) is 7.63.